The summed E-state index contributed by atoms with van der Waals surface area (Å²) >= 11 is 0. The van der Waals surface area contributed by atoms with Crippen LogP contribution >= 0.6 is 24.8 Å². The number of hydrogen-bond acceptors (Lipinski definition) is 3. The summed E-state index contributed by atoms with van der Waals surface area (Å²) in [4.78, 5) is 4.89. The summed E-state index contributed by atoms with van der Waals surface area (Å²) in [6.07, 6.45) is 2.28. The number of ether oxygens (including phenoxy) is 1. The highest BCUT2D eigenvalue weighted by molar-refractivity contribution is 5.85. The third kappa shape index (κ3) is 8.27. The molecule has 3 aromatic carbocycles. The Kier molecular flexibility index (Phi) is 11.1. The van der Waals surface area contributed by atoms with E-state index in [0.717, 1.165) is 51.1 Å². The lowest BCUT2D eigenvalue weighted by Crippen LogP contribution is -2.46. The Labute approximate surface area is 207 Å². The van der Waals surface area contributed by atoms with Crippen LogP contribution in [0.2, 0.25) is 0 Å². The van der Waals surface area contributed by atoms with E-state index in [1.165, 1.54) is 29.8 Å². The van der Waals surface area contributed by atoms with Crippen molar-refractivity contribution in [3.8, 4) is 11.5 Å². The Morgan fingerprint density at radius 3 is 2.06 bits per heavy atom. The number of benzene rings is 3. The van der Waals surface area contributed by atoms with Gasteiger partial charge in [-0.3, -0.25) is 4.90 Å². The van der Waals surface area contributed by atoms with Crippen molar-refractivity contribution in [1.82, 2.24) is 9.80 Å². The number of halogens is 4. The van der Waals surface area contributed by atoms with E-state index in [-0.39, 0.29) is 36.4 Å². The van der Waals surface area contributed by atoms with Gasteiger partial charge in [0.05, 0.1) is 0 Å². The van der Waals surface area contributed by atoms with Crippen molar-refractivity contribution in [2.24, 2.45) is 0 Å². The molecule has 3 aromatic rings. The van der Waals surface area contributed by atoms with E-state index in [9.17, 15) is 8.78 Å². The van der Waals surface area contributed by atoms with Gasteiger partial charge < -0.3 is 9.64 Å². The Morgan fingerprint density at radius 1 is 0.727 bits per heavy atom. The molecule has 3 nitrogen and oxygen atoms in total. The molecule has 1 fully saturated rings. The van der Waals surface area contributed by atoms with Crippen LogP contribution in [0, 0.1) is 11.6 Å². The number of aryl methyl sites for hydroxylation is 1. The molecule has 0 atom stereocenters. The van der Waals surface area contributed by atoms with E-state index in [1.54, 1.807) is 18.2 Å². The highest BCUT2D eigenvalue weighted by atomic mass is 35.5. The maximum Gasteiger partial charge on any atom is 0.134 e. The predicted octanol–water partition coefficient (Wildman–Crippen LogP) is 6.35. The third-order valence-corrected chi connectivity index (χ3v) is 5.71. The monoisotopic (exact) mass is 494 g/mol. The smallest absolute Gasteiger partial charge is 0.134 e. The molecule has 0 spiro atoms. The van der Waals surface area contributed by atoms with Crippen molar-refractivity contribution in [2.45, 2.75) is 19.4 Å². The van der Waals surface area contributed by atoms with Crippen molar-refractivity contribution in [2.75, 3.05) is 32.7 Å². The Morgan fingerprint density at radius 2 is 1.36 bits per heavy atom. The van der Waals surface area contributed by atoms with Crippen LogP contribution in [0.15, 0.2) is 72.8 Å². The molecule has 0 amide bonds. The first-order valence-corrected chi connectivity index (χ1v) is 10.9. The molecule has 0 saturated carbocycles. The standard InChI is InChI=1S/C26H28F2N2O.2ClH/c27-23-10-12-25(13-11-23)31-26-19-24(28)9-8-22(26)20-30-17-15-29(16-18-30)14-4-7-21-5-2-1-3-6-21;;/h1-3,5-6,8-13,19H,4,7,14-18,20H2;2*1H. The minimum atomic E-state index is -0.343. The lowest BCUT2D eigenvalue weighted by atomic mass is 10.1. The first-order valence-electron chi connectivity index (χ1n) is 10.9. The minimum Gasteiger partial charge on any atom is -0.457 e. The summed E-state index contributed by atoms with van der Waals surface area (Å²) in [6, 6.07) is 21.0. The van der Waals surface area contributed by atoms with Gasteiger partial charge in [-0.25, -0.2) is 8.78 Å². The van der Waals surface area contributed by atoms with Gasteiger partial charge in [0.15, 0.2) is 0 Å². The molecule has 1 aliphatic heterocycles. The summed E-state index contributed by atoms with van der Waals surface area (Å²) in [6.45, 7) is 5.82. The molecule has 0 radical (unpaired) electrons. The van der Waals surface area contributed by atoms with Crippen molar-refractivity contribution < 1.29 is 13.5 Å². The van der Waals surface area contributed by atoms with Crippen LogP contribution in [0.5, 0.6) is 11.5 Å². The largest absolute Gasteiger partial charge is 0.457 e. The minimum absolute atomic E-state index is 0. The van der Waals surface area contributed by atoms with E-state index < -0.39 is 0 Å². The second kappa shape index (κ2) is 13.5. The first kappa shape index (κ1) is 27.1. The maximum absolute atomic E-state index is 13.8. The molecule has 1 aliphatic rings. The Hall–Kier alpha value is -2.18. The summed E-state index contributed by atoms with van der Waals surface area (Å²) in [5, 5.41) is 0. The van der Waals surface area contributed by atoms with E-state index in [0.29, 0.717) is 18.0 Å². The van der Waals surface area contributed by atoms with Gasteiger partial charge in [0.25, 0.3) is 0 Å². The second-order valence-electron chi connectivity index (χ2n) is 8.01. The van der Waals surface area contributed by atoms with Crippen molar-refractivity contribution >= 4 is 24.8 Å². The second-order valence-corrected chi connectivity index (χ2v) is 8.01. The van der Waals surface area contributed by atoms with Crippen LogP contribution in [0.4, 0.5) is 8.78 Å². The summed E-state index contributed by atoms with van der Waals surface area (Å²) in [5.74, 6) is 0.311. The van der Waals surface area contributed by atoms with Gasteiger partial charge in [-0.2, -0.15) is 0 Å². The van der Waals surface area contributed by atoms with E-state index >= 15 is 0 Å². The zero-order valence-corrected chi connectivity index (χ0v) is 20.1. The van der Waals surface area contributed by atoms with E-state index in [2.05, 4.69) is 40.1 Å². The Balaban J connectivity index is 0.00000193. The van der Waals surface area contributed by atoms with Crippen LogP contribution in [-0.2, 0) is 13.0 Å². The van der Waals surface area contributed by atoms with Crippen LogP contribution in [0.25, 0.3) is 0 Å². The highest BCUT2D eigenvalue weighted by Gasteiger charge is 2.18. The molecule has 1 saturated heterocycles. The van der Waals surface area contributed by atoms with E-state index in [1.807, 2.05) is 0 Å². The molecule has 4 rings (SSSR count). The normalized spacial score (nSPS) is 14.2. The molecule has 0 aromatic heterocycles. The van der Waals surface area contributed by atoms with Crippen LogP contribution in [0.3, 0.4) is 0 Å². The summed E-state index contributed by atoms with van der Waals surface area (Å²) < 4.78 is 32.8. The molecule has 1 heterocycles. The van der Waals surface area contributed by atoms with Gasteiger partial charge >= 0.3 is 0 Å². The summed E-state index contributed by atoms with van der Waals surface area (Å²) in [5.41, 5.74) is 2.33. The van der Waals surface area contributed by atoms with Crippen molar-refractivity contribution in [1.29, 1.82) is 0 Å². The number of rotatable bonds is 8. The lowest BCUT2D eigenvalue weighted by Gasteiger charge is -2.35. The number of piperazine rings is 1. The fourth-order valence-corrected chi connectivity index (χ4v) is 3.95. The molecule has 0 bridgehead atoms. The molecule has 33 heavy (non-hydrogen) atoms. The fraction of sp³-hybridized carbons (Fsp3) is 0.308. The fourth-order valence-electron chi connectivity index (χ4n) is 3.95. The average molecular weight is 495 g/mol. The third-order valence-electron chi connectivity index (χ3n) is 5.71. The zero-order chi connectivity index (χ0) is 21.5. The average Bonchev–Trinajstić information content (AvgIpc) is 2.79. The first-order chi connectivity index (χ1) is 15.2. The SMILES string of the molecule is Cl.Cl.Fc1ccc(Oc2cc(F)ccc2CN2CCN(CCCc3ccccc3)CC2)cc1. The molecule has 0 aliphatic carbocycles. The molecular weight excluding hydrogens is 465 g/mol. The highest BCUT2D eigenvalue weighted by Crippen LogP contribution is 2.28. The summed E-state index contributed by atoms with van der Waals surface area (Å²) in [7, 11) is 0. The molecular formula is C26H30Cl2F2N2O. The van der Waals surface area contributed by atoms with Gasteiger partial charge in [-0.05, 0) is 55.3 Å². The van der Waals surface area contributed by atoms with Crippen LogP contribution in [0.1, 0.15) is 17.5 Å². The lowest BCUT2D eigenvalue weighted by molar-refractivity contribution is 0.125. The van der Waals surface area contributed by atoms with Gasteiger partial charge in [0, 0.05) is 44.4 Å². The molecule has 0 N–H and O–H groups in total. The van der Waals surface area contributed by atoms with Gasteiger partial charge in [-0.15, -0.1) is 24.8 Å². The topological polar surface area (TPSA) is 15.7 Å². The quantitative estimate of drug-likeness (QED) is 0.362. The van der Waals surface area contributed by atoms with Gasteiger partial charge in [0.2, 0.25) is 0 Å². The molecule has 178 valence electrons. The zero-order valence-electron chi connectivity index (χ0n) is 18.5. The Bertz CT molecular complexity index is 966. The van der Waals surface area contributed by atoms with Crippen molar-refractivity contribution in [3.05, 3.63) is 95.6 Å². The molecule has 0 unspecified atom stereocenters. The maximum atomic E-state index is 13.8. The van der Waals surface area contributed by atoms with Crippen LogP contribution < -0.4 is 4.74 Å². The van der Waals surface area contributed by atoms with Gasteiger partial charge in [-0.1, -0.05) is 36.4 Å². The number of nitrogens with zero attached hydrogens (tertiary/aromatic N) is 2. The number of hydrogen-bond donors (Lipinski definition) is 0. The van der Waals surface area contributed by atoms with Crippen molar-refractivity contribution in [3.63, 3.8) is 0 Å². The van der Waals surface area contributed by atoms with Gasteiger partial charge in [0.1, 0.15) is 23.1 Å². The van der Waals surface area contributed by atoms with Crippen LogP contribution in [-0.4, -0.2) is 42.5 Å². The predicted molar refractivity (Wildman–Crippen MR) is 134 cm³/mol. The molecule has 7 heteroatoms. The van der Waals surface area contributed by atoms with E-state index in [4.69, 9.17) is 4.74 Å².